The number of carbonyl (C=O) groups is 1. The topological polar surface area (TPSA) is 152 Å². The van der Waals surface area contributed by atoms with Gasteiger partial charge in [-0.1, -0.05) is 6.92 Å². The van der Waals surface area contributed by atoms with Gasteiger partial charge in [0.2, 0.25) is 0 Å². The van der Waals surface area contributed by atoms with Crippen LogP contribution in [0.1, 0.15) is 19.8 Å². The summed E-state index contributed by atoms with van der Waals surface area (Å²) in [5.41, 5.74) is 0. The third-order valence-electron chi connectivity index (χ3n) is 2.25. The van der Waals surface area contributed by atoms with Crippen LogP contribution in [0.4, 0.5) is 0 Å². The van der Waals surface area contributed by atoms with Crippen molar-refractivity contribution in [1.82, 2.24) is 0 Å². The van der Waals surface area contributed by atoms with E-state index in [1.807, 2.05) is 0 Å². The molecule has 11 heteroatoms. The smallest absolute Gasteiger partial charge is 0.472 e. The van der Waals surface area contributed by atoms with Crippen molar-refractivity contribution >= 4 is 13.8 Å². The van der Waals surface area contributed by atoms with Crippen molar-refractivity contribution in [3.8, 4) is 0 Å². The van der Waals surface area contributed by atoms with E-state index < -0.39 is 51.8 Å². The second kappa shape index (κ2) is 11.4. The number of esters is 1. The molecule has 136 valence electrons. The Balaban J connectivity index is 4.46. The summed E-state index contributed by atoms with van der Waals surface area (Å²) in [4.78, 5) is 20.8. The van der Waals surface area contributed by atoms with E-state index in [4.69, 9.17) is 20.1 Å². The van der Waals surface area contributed by atoms with Gasteiger partial charge >= 0.3 is 13.8 Å². The summed E-state index contributed by atoms with van der Waals surface area (Å²) >= 11 is 0. The maximum absolute atomic E-state index is 11.6. The zero-order valence-corrected chi connectivity index (χ0v) is 13.7. The standard InChI is InChI=1S/C12H23O10P/c1-3-4-12(16)22-11(7-19-9(2)14)8-21-23(17,18)20-6-10(15)5-13/h10-11,13-15H,2-8H2,1H3,(H,17,18)/t10-,11+/m0/s1. The average Bonchev–Trinajstić information content (AvgIpc) is 2.47. The first-order valence-electron chi connectivity index (χ1n) is 6.81. The monoisotopic (exact) mass is 358 g/mol. The van der Waals surface area contributed by atoms with Crippen LogP contribution in [0.3, 0.4) is 0 Å². The minimum atomic E-state index is -4.52. The lowest BCUT2D eigenvalue weighted by Gasteiger charge is -2.20. The Labute approximate surface area is 133 Å². The van der Waals surface area contributed by atoms with Crippen molar-refractivity contribution in [2.75, 3.05) is 26.4 Å². The number of hydrogen-bond donors (Lipinski definition) is 4. The van der Waals surface area contributed by atoms with Gasteiger partial charge in [0.05, 0.1) is 19.8 Å². The van der Waals surface area contributed by atoms with Crippen LogP contribution in [0.15, 0.2) is 12.5 Å². The molecule has 0 aliphatic heterocycles. The third-order valence-corrected chi connectivity index (χ3v) is 3.20. The minimum absolute atomic E-state index is 0.131. The highest BCUT2D eigenvalue weighted by Gasteiger charge is 2.26. The second-order valence-corrected chi connectivity index (χ2v) is 5.92. The highest BCUT2D eigenvalue weighted by molar-refractivity contribution is 7.47. The van der Waals surface area contributed by atoms with Crippen molar-refractivity contribution in [2.45, 2.75) is 32.0 Å². The number of ether oxygens (including phenoxy) is 2. The molecule has 0 rings (SSSR count). The number of carbonyl (C=O) groups excluding carboxylic acids is 1. The molecule has 0 saturated carbocycles. The summed E-state index contributed by atoms with van der Waals surface area (Å²) in [6, 6.07) is 0. The normalized spacial score (nSPS) is 16.2. The van der Waals surface area contributed by atoms with Gasteiger partial charge < -0.3 is 29.7 Å². The zero-order chi connectivity index (χ0) is 17.9. The Kier molecular flexibility index (Phi) is 10.8. The van der Waals surface area contributed by atoms with Crippen LogP contribution < -0.4 is 0 Å². The molecule has 0 aromatic rings. The first kappa shape index (κ1) is 21.8. The molecule has 10 nitrogen and oxygen atoms in total. The van der Waals surface area contributed by atoms with E-state index in [1.54, 1.807) is 6.92 Å². The zero-order valence-electron chi connectivity index (χ0n) is 12.8. The molecule has 0 heterocycles. The van der Waals surface area contributed by atoms with Crippen molar-refractivity contribution in [1.29, 1.82) is 0 Å². The van der Waals surface area contributed by atoms with E-state index in [2.05, 4.69) is 20.4 Å². The summed E-state index contributed by atoms with van der Waals surface area (Å²) in [7, 11) is -4.52. The summed E-state index contributed by atoms with van der Waals surface area (Å²) in [6.45, 7) is 2.69. The quantitative estimate of drug-likeness (QED) is 0.204. The van der Waals surface area contributed by atoms with E-state index in [1.165, 1.54) is 0 Å². The lowest BCUT2D eigenvalue weighted by atomic mass is 10.3. The SMILES string of the molecule is C=C(O)OC[C@H](COP(=O)(O)OC[C@@H](O)CO)OC(=O)CCC. The van der Waals surface area contributed by atoms with Crippen molar-refractivity contribution in [2.24, 2.45) is 0 Å². The number of hydrogen-bond acceptors (Lipinski definition) is 9. The molecule has 3 atom stereocenters. The molecule has 0 aromatic heterocycles. The highest BCUT2D eigenvalue weighted by Crippen LogP contribution is 2.43. The van der Waals surface area contributed by atoms with Gasteiger partial charge in [0.25, 0.3) is 5.95 Å². The number of phosphoric acid groups is 1. The molecule has 0 saturated heterocycles. The lowest BCUT2D eigenvalue weighted by Crippen LogP contribution is -2.28. The first-order chi connectivity index (χ1) is 10.7. The molecule has 0 aliphatic carbocycles. The largest absolute Gasteiger partial charge is 0.481 e. The number of phosphoric ester groups is 1. The molecule has 4 N–H and O–H groups in total. The Morgan fingerprint density at radius 3 is 2.39 bits per heavy atom. The fourth-order valence-corrected chi connectivity index (χ4v) is 1.99. The molecule has 0 aliphatic rings. The molecule has 0 aromatic carbocycles. The van der Waals surface area contributed by atoms with E-state index in [0.717, 1.165) is 0 Å². The summed E-state index contributed by atoms with van der Waals surface area (Å²) in [5.74, 6) is -1.19. The number of aliphatic hydroxyl groups is 3. The Bertz CT molecular complexity index is 413. The maximum Gasteiger partial charge on any atom is 0.472 e. The summed E-state index contributed by atoms with van der Waals surface area (Å²) in [6.07, 6.45) is -1.74. The van der Waals surface area contributed by atoms with Gasteiger partial charge in [-0.2, -0.15) is 0 Å². The van der Waals surface area contributed by atoms with Gasteiger partial charge in [-0.3, -0.25) is 13.8 Å². The molecule has 1 unspecified atom stereocenters. The minimum Gasteiger partial charge on any atom is -0.481 e. The Morgan fingerprint density at radius 1 is 1.26 bits per heavy atom. The number of rotatable bonds is 13. The Morgan fingerprint density at radius 2 is 1.87 bits per heavy atom. The molecular weight excluding hydrogens is 335 g/mol. The molecule has 0 fully saturated rings. The van der Waals surface area contributed by atoms with Gasteiger partial charge in [-0.05, 0) is 13.0 Å². The van der Waals surface area contributed by atoms with Gasteiger partial charge in [-0.15, -0.1) is 0 Å². The molecule has 0 spiro atoms. The summed E-state index contributed by atoms with van der Waals surface area (Å²) in [5, 5.41) is 26.5. The lowest BCUT2D eigenvalue weighted by molar-refractivity contribution is -0.154. The van der Waals surface area contributed by atoms with E-state index in [0.29, 0.717) is 6.42 Å². The predicted octanol–water partition coefficient (Wildman–Crippen LogP) is 0.231. The van der Waals surface area contributed by atoms with Crippen LogP contribution in [-0.2, 0) is 27.9 Å². The van der Waals surface area contributed by atoms with Gasteiger partial charge in [0.1, 0.15) is 12.7 Å². The van der Waals surface area contributed by atoms with Crippen LogP contribution in [0, 0.1) is 0 Å². The van der Waals surface area contributed by atoms with Crippen LogP contribution in [0.25, 0.3) is 0 Å². The molecule has 0 radical (unpaired) electrons. The molecule has 23 heavy (non-hydrogen) atoms. The van der Waals surface area contributed by atoms with Gasteiger partial charge in [0.15, 0.2) is 6.10 Å². The van der Waals surface area contributed by atoms with E-state index in [9.17, 15) is 14.3 Å². The Hall–Kier alpha value is -1.16. The first-order valence-corrected chi connectivity index (χ1v) is 8.30. The van der Waals surface area contributed by atoms with Gasteiger partial charge in [0, 0.05) is 6.42 Å². The van der Waals surface area contributed by atoms with Crippen molar-refractivity contribution in [3.63, 3.8) is 0 Å². The van der Waals surface area contributed by atoms with Gasteiger partial charge in [-0.25, -0.2) is 4.57 Å². The van der Waals surface area contributed by atoms with E-state index in [-0.39, 0.29) is 13.0 Å². The molecule has 0 bridgehead atoms. The van der Waals surface area contributed by atoms with Crippen molar-refractivity contribution < 1.29 is 48.1 Å². The average molecular weight is 358 g/mol. The van der Waals surface area contributed by atoms with Crippen LogP contribution in [0.5, 0.6) is 0 Å². The molecular formula is C12H23O10P. The number of aliphatic hydroxyl groups excluding tert-OH is 3. The maximum atomic E-state index is 11.6. The highest BCUT2D eigenvalue weighted by atomic mass is 31.2. The van der Waals surface area contributed by atoms with Crippen LogP contribution in [-0.4, -0.2) is 64.8 Å². The fourth-order valence-electron chi connectivity index (χ4n) is 1.20. The summed E-state index contributed by atoms with van der Waals surface area (Å²) < 4.78 is 30.3. The fraction of sp³-hybridized carbons (Fsp3) is 0.750. The van der Waals surface area contributed by atoms with Crippen LogP contribution in [0.2, 0.25) is 0 Å². The van der Waals surface area contributed by atoms with Crippen molar-refractivity contribution in [3.05, 3.63) is 12.5 Å². The third kappa shape index (κ3) is 12.0. The second-order valence-electron chi connectivity index (χ2n) is 4.46. The molecule has 0 amide bonds. The predicted molar refractivity (Wildman–Crippen MR) is 77.3 cm³/mol. The van der Waals surface area contributed by atoms with E-state index >= 15 is 0 Å². The van der Waals surface area contributed by atoms with Crippen LogP contribution >= 0.6 is 7.82 Å².